The number of rotatable bonds is 31. The Hall–Kier alpha value is -3.71. The number of nitrogens with zero attached hydrogens (tertiary/aromatic N) is 1. The standard InChI is InChI=1S/C39H69N7O6/c1-4-5-6-7-8-9-10-11-12-13-14-15-16-19-30(2)29-43-37(49)34(20-17-18-24-40)45-36(48)23-26-52-27-25-46(39(41)42)35-28-32(38(50)51)21-22-33(35)44-31(3)47/h21-22,28,30,34H,4-20,23-27,29,40H2,1-3H3,(H7,41,42,43,44,45,47,48,49,50,51)/p+1/t30?,34-/m0/s1. The number of anilines is 1. The van der Waals surface area contributed by atoms with Crippen LogP contribution in [0.15, 0.2) is 18.2 Å². The highest BCUT2D eigenvalue weighted by molar-refractivity contribution is 5.95. The zero-order valence-corrected chi connectivity index (χ0v) is 32.3. The molecule has 52 heavy (non-hydrogen) atoms. The van der Waals surface area contributed by atoms with Gasteiger partial charge in [-0.3, -0.25) is 25.9 Å². The number of carboxylic acids is 1. The van der Waals surface area contributed by atoms with Crippen LogP contribution in [0.5, 0.6) is 0 Å². The number of carbonyl (C=O) groups excluding carboxylic acids is 3. The van der Waals surface area contributed by atoms with Gasteiger partial charge in [0.05, 0.1) is 31.0 Å². The Morgan fingerprint density at radius 1 is 0.846 bits per heavy atom. The number of carboxylic acid groups (broad SMARTS) is 1. The molecule has 1 unspecified atom stereocenters. The average Bonchev–Trinajstić information content (AvgIpc) is 3.10. The van der Waals surface area contributed by atoms with E-state index in [1.165, 1.54) is 107 Å². The van der Waals surface area contributed by atoms with Gasteiger partial charge >= 0.3 is 11.9 Å². The number of hydrogen-bond donors (Lipinski definition) is 7. The van der Waals surface area contributed by atoms with Gasteiger partial charge in [0.2, 0.25) is 17.7 Å². The number of nitrogens with two attached hydrogens (primary N) is 3. The zero-order chi connectivity index (χ0) is 38.6. The molecule has 3 amide bonds. The number of unbranched alkanes of at least 4 members (excludes halogenated alkanes) is 13. The minimum Gasteiger partial charge on any atom is -0.478 e. The van der Waals surface area contributed by atoms with Crippen molar-refractivity contribution in [2.45, 2.75) is 142 Å². The first-order valence-corrected chi connectivity index (χ1v) is 19.6. The van der Waals surface area contributed by atoms with E-state index in [1.54, 1.807) is 0 Å². The number of benzene rings is 1. The smallest absolute Gasteiger partial charge is 0.346 e. The lowest BCUT2D eigenvalue weighted by atomic mass is 10.0. The summed E-state index contributed by atoms with van der Waals surface area (Å²) in [6.07, 6.45) is 20.3. The average molecular weight is 733 g/mol. The van der Waals surface area contributed by atoms with Gasteiger partial charge in [0.25, 0.3) is 0 Å². The lowest BCUT2D eigenvalue weighted by Gasteiger charge is -2.20. The van der Waals surface area contributed by atoms with Crippen LogP contribution in [0.4, 0.5) is 11.4 Å². The number of nitrogens with one attached hydrogen (secondary N) is 3. The SMILES string of the molecule is CCCCCCCCCCCCCCCC(C)CNC(=O)[C@H](CCCCN)NC(=O)CCOCC[N+](=C(N)N)c1cc(C(=O)O)ccc1NC(C)=O. The van der Waals surface area contributed by atoms with E-state index in [4.69, 9.17) is 21.9 Å². The zero-order valence-electron chi connectivity index (χ0n) is 32.3. The molecule has 13 heteroatoms. The molecule has 13 nitrogen and oxygen atoms in total. The third-order valence-electron chi connectivity index (χ3n) is 9.11. The number of aromatic carboxylic acids is 1. The first-order valence-electron chi connectivity index (χ1n) is 19.6. The van der Waals surface area contributed by atoms with Crippen molar-refractivity contribution in [2.75, 3.05) is 38.2 Å². The van der Waals surface area contributed by atoms with Crippen molar-refractivity contribution in [1.29, 1.82) is 0 Å². The Balaban J connectivity index is 2.45. The molecular weight excluding hydrogens is 662 g/mol. The summed E-state index contributed by atoms with van der Waals surface area (Å²) in [7, 11) is 0. The fraction of sp³-hybridized carbons (Fsp3) is 0.718. The maximum atomic E-state index is 13.1. The van der Waals surface area contributed by atoms with E-state index in [1.807, 2.05) is 0 Å². The Kier molecular flexibility index (Phi) is 25.7. The second-order valence-corrected chi connectivity index (χ2v) is 13.9. The molecule has 0 saturated carbocycles. The van der Waals surface area contributed by atoms with Crippen LogP contribution in [0.1, 0.15) is 147 Å². The summed E-state index contributed by atoms with van der Waals surface area (Å²) >= 11 is 0. The first-order chi connectivity index (χ1) is 25.0. The molecule has 0 fully saturated rings. The van der Waals surface area contributed by atoms with Gasteiger partial charge in [0, 0.05) is 19.9 Å². The van der Waals surface area contributed by atoms with E-state index >= 15 is 0 Å². The van der Waals surface area contributed by atoms with Crippen LogP contribution in [0.2, 0.25) is 0 Å². The van der Waals surface area contributed by atoms with E-state index in [-0.39, 0.29) is 55.4 Å². The first kappa shape index (κ1) is 46.3. The molecule has 1 aromatic rings. The van der Waals surface area contributed by atoms with Gasteiger partial charge in [-0.25, -0.2) is 9.37 Å². The van der Waals surface area contributed by atoms with Gasteiger partial charge in [0.15, 0.2) is 0 Å². The molecule has 0 spiro atoms. The number of carbonyl (C=O) groups is 4. The van der Waals surface area contributed by atoms with Crippen LogP contribution in [-0.4, -0.2) is 78.2 Å². The molecule has 0 heterocycles. The molecule has 2 atom stereocenters. The highest BCUT2D eigenvalue weighted by atomic mass is 16.5. The van der Waals surface area contributed by atoms with Gasteiger partial charge < -0.3 is 31.5 Å². The second kappa shape index (κ2) is 28.8. The lowest BCUT2D eigenvalue weighted by molar-refractivity contribution is -0.446. The monoisotopic (exact) mass is 733 g/mol. The van der Waals surface area contributed by atoms with Crippen molar-refractivity contribution in [3.63, 3.8) is 0 Å². The van der Waals surface area contributed by atoms with Crippen LogP contribution in [0, 0.1) is 5.92 Å². The highest BCUT2D eigenvalue weighted by Crippen LogP contribution is 2.26. The van der Waals surface area contributed by atoms with Crippen molar-refractivity contribution in [3.05, 3.63) is 23.8 Å². The third-order valence-corrected chi connectivity index (χ3v) is 9.11. The summed E-state index contributed by atoms with van der Waals surface area (Å²) in [5.41, 5.74) is 18.1. The van der Waals surface area contributed by atoms with Crippen molar-refractivity contribution in [2.24, 2.45) is 23.1 Å². The predicted octanol–water partition coefficient (Wildman–Crippen LogP) is 5.51. The van der Waals surface area contributed by atoms with E-state index in [9.17, 15) is 24.3 Å². The van der Waals surface area contributed by atoms with E-state index in [2.05, 4.69) is 29.8 Å². The molecule has 1 aromatic carbocycles. The van der Waals surface area contributed by atoms with Gasteiger partial charge in [-0.2, -0.15) is 0 Å². The number of amides is 3. The van der Waals surface area contributed by atoms with Crippen LogP contribution in [0.25, 0.3) is 0 Å². The minimum absolute atomic E-state index is 0.0118. The fourth-order valence-electron chi connectivity index (χ4n) is 6.03. The fourth-order valence-corrected chi connectivity index (χ4v) is 6.03. The molecule has 0 aromatic heterocycles. The van der Waals surface area contributed by atoms with Crippen molar-refractivity contribution >= 4 is 41.0 Å². The predicted molar refractivity (Wildman–Crippen MR) is 209 cm³/mol. The molecule has 0 aliphatic rings. The van der Waals surface area contributed by atoms with Crippen molar-refractivity contribution in [1.82, 2.24) is 10.6 Å². The van der Waals surface area contributed by atoms with Crippen LogP contribution < -0.4 is 33.2 Å². The summed E-state index contributed by atoms with van der Waals surface area (Å²) in [4.78, 5) is 49.2. The molecular formula is C39H70N7O6+. The Morgan fingerprint density at radius 2 is 1.44 bits per heavy atom. The number of hydrogen-bond acceptors (Lipinski definition) is 6. The summed E-state index contributed by atoms with van der Waals surface area (Å²) in [6.45, 7) is 7.13. The molecule has 296 valence electrons. The molecule has 1 rings (SSSR count). The number of ether oxygens (including phenoxy) is 1. The highest BCUT2D eigenvalue weighted by Gasteiger charge is 2.21. The van der Waals surface area contributed by atoms with Gasteiger partial charge in [-0.05, 0) is 56.3 Å². The van der Waals surface area contributed by atoms with Crippen LogP contribution in [0.3, 0.4) is 0 Å². The van der Waals surface area contributed by atoms with Gasteiger partial charge in [0.1, 0.15) is 11.7 Å². The Bertz CT molecular complexity index is 1220. The lowest BCUT2D eigenvalue weighted by Crippen LogP contribution is -2.47. The molecule has 0 aliphatic heterocycles. The third kappa shape index (κ3) is 21.6. The molecule has 0 bridgehead atoms. The van der Waals surface area contributed by atoms with Gasteiger partial charge in [-0.15, -0.1) is 0 Å². The Morgan fingerprint density at radius 3 is 2.00 bits per heavy atom. The maximum absolute atomic E-state index is 13.1. The molecule has 0 saturated heterocycles. The van der Waals surface area contributed by atoms with E-state index < -0.39 is 12.0 Å². The summed E-state index contributed by atoms with van der Waals surface area (Å²) in [5.74, 6) is -1.77. The topological polar surface area (TPSA) is 215 Å². The summed E-state index contributed by atoms with van der Waals surface area (Å²) in [5, 5.41) is 18.0. The van der Waals surface area contributed by atoms with E-state index in [0.717, 1.165) is 25.7 Å². The Labute approximate surface area is 312 Å². The van der Waals surface area contributed by atoms with Gasteiger partial charge in [-0.1, -0.05) is 97.3 Å². The second-order valence-electron chi connectivity index (χ2n) is 13.9. The summed E-state index contributed by atoms with van der Waals surface area (Å²) in [6, 6.07) is 3.53. The molecule has 0 radical (unpaired) electrons. The molecule has 10 N–H and O–H groups in total. The number of guanidine groups is 1. The maximum Gasteiger partial charge on any atom is 0.346 e. The quantitative estimate of drug-likeness (QED) is 0.0221. The normalized spacial score (nSPS) is 12.2. The summed E-state index contributed by atoms with van der Waals surface area (Å²) < 4.78 is 7.10. The van der Waals surface area contributed by atoms with Crippen LogP contribution >= 0.6 is 0 Å². The minimum atomic E-state index is -1.15. The largest absolute Gasteiger partial charge is 0.478 e. The van der Waals surface area contributed by atoms with Crippen molar-refractivity contribution in [3.8, 4) is 0 Å². The molecule has 0 aliphatic carbocycles. The van der Waals surface area contributed by atoms with Crippen LogP contribution in [-0.2, 0) is 19.1 Å². The van der Waals surface area contributed by atoms with E-state index in [0.29, 0.717) is 36.8 Å². The van der Waals surface area contributed by atoms with Crippen molar-refractivity contribution < 1.29 is 33.6 Å².